The third kappa shape index (κ3) is 3.14. The van der Waals surface area contributed by atoms with Crippen LogP contribution >= 0.6 is 0 Å². The molecule has 1 aromatic heterocycles. The lowest BCUT2D eigenvalue weighted by Gasteiger charge is -2.08. The number of carbonyl (C=O) groups excluding carboxylic acids is 1. The van der Waals surface area contributed by atoms with Crippen molar-refractivity contribution in [3.8, 4) is 0 Å². The van der Waals surface area contributed by atoms with Gasteiger partial charge in [0.1, 0.15) is 0 Å². The molecule has 20 heavy (non-hydrogen) atoms. The minimum Gasteiger partial charge on any atom is -0.478 e. The lowest BCUT2D eigenvalue weighted by Crippen LogP contribution is -2.20. The number of amides is 2. The molecule has 0 unspecified atom stereocenters. The summed E-state index contributed by atoms with van der Waals surface area (Å²) in [6.45, 7) is 1.70. The van der Waals surface area contributed by atoms with Gasteiger partial charge in [0.05, 0.1) is 5.56 Å². The monoisotopic (exact) mass is 274 g/mol. The highest BCUT2D eigenvalue weighted by Gasteiger charge is 2.10. The molecule has 0 fully saturated rings. The Bertz CT molecular complexity index is 663. The van der Waals surface area contributed by atoms with Crippen molar-refractivity contribution >= 4 is 23.5 Å². The Kier molecular flexibility index (Phi) is 3.69. The van der Waals surface area contributed by atoms with Gasteiger partial charge in [0.2, 0.25) is 0 Å². The third-order valence-electron chi connectivity index (χ3n) is 2.68. The summed E-state index contributed by atoms with van der Waals surface area (Å²) in [5.74, 6) is -0.619. The predicted octanol–water partition coefficient (Wildman–Crippen LogP) is 2.07. The highest BCUT2D eigenvalue weighted by atomic mass is 16.4. The van der Waals surface area contributed by atoms with E-state index in [0.717, 1.165) is 0 Å². The van der Waals surface area contributed by atoms with Gasteiger partial charge in [0.15, 0.2) is 5.82 Å². The third-order valence-corrected chi connectivity index (χ3v) is 2.68. The number of hydrogen-bond acceptors (Lipinski definition) is 3. The number of benzene rings is 1. The first-order valence-corrected chi connectivity index (χ1v) is 5.87. The number of carboxylic acid groups (broad SMARTS) is 1. The quantitative estimate of drug-likeness (QED) is 0.798. The number of urea groups is 1. The largest absolute Gasteiger partial charge is 0.478 e. The van der Waals surface area contributed by atoms with E-state index in [1.807, 2.05) is 0 Å². The van der Waals surface area contributed by atoms with Crippen LogP contribution in [0.4, 0.5) is 16.3 Å². The van der Waals surface area contributed by atoms with Crippen LogP contribution in [0.5, 0.6) is 0 Å². The van der Waals surface area contributed by atoms with Crippen molar-refractivity contribution in [1.29, 1.82) is 0 Å². The summed E-state index contributed by atoms with van der Waals surface area (Å²) < 4.78 is 1.56. The van der Waals surface area contributed by atoms with Gasteiger partial charge in [-0.2, -0.15) is 5.10 Å². The van der Waals surface area contributed by atoms with E-state index in [1.165, 1.54) is 6.07 Å². The molecule has 0 aliphatic heterocycles. The Hall–Kier alpha value is -2.83. The lowest BCUT2D eigenvalue weighted by atomic mass is 10.1. The van der Waals surface area contributed by atoms with Crippen LogP contribution in [0, 0.1) is 6.92 Å². The molecule has 0 spiro atoms. The van der Waals surface area contributed by atoms with Gasteiger partial charge < -0.3 is 10.4 Å². The van der Waals surface area contributed by atoms with E-state index in [-0.39, 0.29) is 5.56 Å². The average Bonchev–Trinajstić information content (AvgIpc) is 2.76. The Balaban J connectivity index is 2.08. The maximum absolute atomic E-state index is 11.7. The SMILES string of the molecule is Cc1ccc(NC(=O)Nc2ccn(C)n2)cc1C(=O)O. The molecule has 3 N–H and O–H groups in total. The van der Waals surface area contributed by atoms with Gasteiger partial charge in [-0.15, -0.1) is 0 Å². The summed E-state index contributed by atoms with van der Waals surface area (Å²) >= 11 is 0. The molecule has 0 saturated carbocycles. The summed E-state index contributed by atoms with van der Waals surface area (Å²) in [7, 11) is 1.74. The van der Waals surface area contributed by atoms with Crippen molar-refractivity contribution in [3.63, 3.8) is 0 Å². The van der Waals surface area contributed by atoms with Crippen LogP contribution in [0.3, 0.4) is 0 Å². The fraction of sp³-hybridized carbons (Fsp3) is 0.154. The van der Waals surface area contributed by atoms with Crippen LogP contribution < -0.4 is 10.6 Å². The average molecular weight is 274 g/mol. The van der Waals surface area contributed by atoms with E-state index in [0.29, 0.717) is 17.1 Å². The summed E-state index contributed by atoms with van der Waals surface area (Å²) in [6.07, 6.45) is 1.70. The van der Waals surface area contributed by atoms with E-state index in [4.69, 9.17) is 5.11 Å². The number of carboxylic acids is 1. The summed E-state index contributed by atoms with van der Waals surface area (Å²) in [5.41, 5.74) is 1.19. The number of carbonyl (C=O) groups is 2. The van der Waals surface area contributed by atoms with Gasteiger partial charge in [-0.25, -0.2) is 9.59 Å². The van der Waals surface area contributed by atoms with Crippen LogP contribution in [0.25, 0.3) is 0 Å². The van der Waals surface area contributed by atoms with Crippen molar-refractivity contribution < 1.29 is 14.7 Å². The Morgan fingerprint density at radius 2 is 2.00 bits per heavy atom. The van der Waals surface area contributed by atoms with Crippen molar-refractivity contribution in [2.24, 2.45) is 7.05 Å². The van der Waals surface area contributed by atoms with Crippen molar-refractivity contribution in [1.82, 2.24) is 9.78 Å². The molecule has 2 rings (SSSR count). The summed E-state index contributed by atoms with van der Waals surface area (Å²) in [4.78, 5) is 22.8. The molecule has 0 aliphatic carbocycles. The summed E-state index contributed by atoms with van der Waals surface area (Å²) in [6, 6.07) is 5.86. The zero-order valence-electron chi connectivity index (χ0n) is 11.0. The van der Waals surface area contributed by atoms with E-state index in [2.05, 4.69) is 15.7 Å². The van der Waals surface area contributed by atoms with Crippen molar-refractivity contribution in [2.45, 2.75) is 6.92 Å². The molecule has 0 atom stereocenters. The van der Waals surface area contributed by atoms with Gasteiger partial charge in [0.25, 0.3) is 0 Å². The van der Waals surface area contributed by atoms with E-state index in [9.17, 15) is 9.59 Å². The van der Waals surface area contributed by atoms with Gasteiger partial charge in [-0.1, -0.05) is 6.07 Å². The zero-order chi connectivity index (χ0) is 14.7. The first-order chi connectivity index (χ1) is 9.45. The minimum atomic E-state index is -1.03. The topological polar surface area (TPSA) is 96.3 Å². The number of rotatable bonds is 3. The highest BCUT2D eigenvalue weighted by Crippen LogP contribution is 2.15. The van der Waals surface area contributed by atoms with Crippen LogP contribution in [-0.2, 0) is 7.05 Å². The molecular formula is C13H14N4O3. The molecule has 0 aliphatic rings. The molecule has 7 nitrogen and oxygen atoms in total. The van der Waals surface area contributed by atoms with Crippen LogP contribution in [0.1, 0.15) is 15.9 Å². The second-order valence-electron chi connectivity index (χ2n) is 4.29. The zero-order valence-corrected chi connectivity index (χ0v) is 11.0. The molecule has 1 aromatic carbocycles. The maximum atomic E-state index is 11.7. The Labute approximate surface area is 115 Å². The smallest absolute Gasteiger partial charge is 0.336 e. The number of aryl methyl sites for hydroxylation is 2. The van der Waals surface area contributed by atoms with E-state index >= 15 is 0 Å². The van der Waals surface area contributed by atoms with E-state index in [1.54, 1.807) is 43.0 Å². The van der Waals surface area contributed by atoms with Crippen molar-refractivity contribution in [2.75, 3.05) is 10.6 Å². The van der Waals surface area contributed by atoms with E-state index < -0.39 is 12.0 Å². The van der Waals surface area contributed by atoms with Crippen LogP contribution in [-0.4, -0.2) is 26.9 Å². The number of nitrogens with zero attached hydrogens (tertiary/aromatic N) is 2. The molecule has 1 heterocycles. The normalized spacial score (nSPS) is 10.1. The molecule has 0 radical (unpaired) electrons. The highest BCUT2D eigenvalue weighted by molar-refractivity contribution is 6.00. The molecule has 2 aromatic rings. The fourth-order valence-electron chi connectivity index (χ4n) is 1.69. The number of aromatic nitrogens is 2. The number of anilines is 2. The van der Waals surface area contributed by atoms with Crippen LogP contribution in [0.15, 0.2) is 30.5 Å². The number of aromatic carboxylic acids is 1. The molecule has 0 saturated heterocycles. The predicted molar refractivity (Wildman–Crippen MR) is 74.0 cm³/mol. The second kappa shape index (κ2) is 5.43. The van der Waals surface area contributed by atoms with Crippen LogP contribution in [0.2, 0.25) is 0 Å². The van der Waals surface area contributed by atoms with Gasteiger partial charge in [-0.05, 0) is 24.6 Å². The number of hydrogen-bond donors (Lipinski definition) is 3. The number of nitrogens with one attached hydrogen (secondary N) is 2. The molecule has 2 amide bonds. The Morgan fingerprint density at radius 3 is 2.60 bits per heavy atom. The molecule has 7 heteroatoms. The molecule has 0 bridgehead atoms. The first-order valence-electron chi connectivity index (χ1n) is 5.87. The molecular weight excluding hydrogens is 260 g/mol. The minimum absolute atomic E-state index is 0.153. The van der Waals surface area contributed by atoms with Gasteiger partial charge >= 0.3 is 12.0 Å². The fourth-order valence-corrected chi connectivity index (χ4v) is 1.69. The second-order valence-corrected chi connectivity index (χ2v) is 4.29. The first kappa shape index (κ1) is 13.6. The van der Waals surface area contributed by atoms with Crippen molar-refractivity contribution in [3.05, 3.63) is 41.6 Å². The summed E-state index contributed by atoms with van der Waals surface area (Å²) in [5, 5.41) is 18.1. The lowest BCUT2D eigenvalue weighted by molar-refractivity contribution is 0.0696. The maximum Gasteiger partial charge on any atom is 0.336 e. The molecule has 104 valence electrons. The Morgan fingerprint density at radius 1 is 1.25 bits per heavy atom. The standard InChI is InChI=1S/C13H14N4O3/c1-8-3-4-9(7-10(8)12(18)19)14-13(20)15-11-5-6-17(2)16-11/h3-7H,1-2H3,(H,18,19)(H2,14,15,16,20). The van der Waals surface area contributed by atoms with Gasteiger partial charge in [-0.3, -0.25) is 10.00 Å². The van der Waals surface area contributed by atoms with Gasteiger partial charge in [0, 0.05) is 25.0 Å².